The summed E-state index contributed by atoms with van der Waals surface area (Å²) in [6, 6.07) is 0.197. The van der Waals surface area contributed by atoms with E-state index in [1.165, 1.54) is 0 Å². The van der Waals surface area contributed by atoms with Crippen molar-refractivity contribution in [3.63, 3.8) is 0 Å². The number of nitrogens with zero attached hydrogens (tertiary/aromatic N) is 2. The highest BCUT2D eigenvalue weighted by atomic mass is 16.5. The van der Waals surface area contributed by atoms with Gasteiger partial charge in [0.05, 0.1) is 12.2 Å². The third-order valence-corrected chi connectivity index (χ3v) is 3.00. The van der Waals surface area contributed by atoms with Crippen LogP contribution in [0.2, 0.25) is 0 Å². The molecule has 1 atom stereocenters. The lowest BCUT2D eigenvalue weighted by Gasteiger charge is -2.29. The molecule has 0 aliphatic carbocycles. The van der Waals surface area contributed by atoms with Crippen molar-refractivity contribution in [2.75, 3.05) is 13.2 Å². The molecule has 1 saturated heterocycles. The summed E-state index contributed by atoms with van der Waals surface area (Å²) in [6.07, 6.45) is 6.01. The van der Waals surface area contributed by atoms with E-state index in [9.17, 15) is 0 Å². The van der Waals surface area contributed by atoms with Crippen LogP contribution in [0.1, 0.15) is 24.4 Å². The maximum absolute atomic E-state index is 5.62. The zero-order valence-corrected chi connectivity index (χ0v) is 9.02. The van der Waals surface area contributed by atoms with Crippen LogP contribution in [0.5, 0.6) is 0 Å². The molecule has 2 rings (SSSR count). The average Bonchev–Trinajstić information content (AvgIpc) is 2.68. The van der Waals surface area contributed by atoms with E-state index in [4.69, 9.17) is 10.6 Å². The van der Waals surface area contributed by atoms with Gasteiger partial charge in [0, 0.05) is 32.0 Å². The average molecular weight is 210 g/mol. The highest BCUT2D eigenvalue weighted by Crippen LogP contribution is 2.28. The quantitative estimate of drug-likeness (QED) is 0.558. The molecule has 1 aliphatic rings. The number of aryl methyl sites for hydroxylation is 1. The van der Waals surface area contributed by atoms with Crippen molar-refractivity contribution < 1.29 is 4.74 Å². The molecule has 0 saturated carbocycles. The first kappa shape index (κ1) is 10.6. The molecule has 1 aliphatic heterocycles. The van der Waals surface area contributed by atoms with Gasteiger partial charge in [0.2, 0.25) is 0 Å². The molecule has 2 heterocycles. The number of hydrogen-bond acceptors (Lipinski definition) is 4. The summed E-state index contributed by atoms with van der Waals surface area (Å²) in [7, 11) is 1.92. The van der Waals surface area contributed by atoms with Crippen LogP contribution < -0.4 is 11.3 Å². The molecule has 1 aromatic rings. The van der Waals surface area contributed by atoms with Crippen LogP contribution in [0.25, 0.3) is 0 Å². The predicted octanol–water partition coefficient (Wildman–Crippen LogP) is 0.351. The Hall–Kier alpha value is -0.910. The van der Waals surface area contributed by atoms with Crippen LogP contribution in [0, 0.1) is 5.92 Å². The molecule has 5 heteroatoms. The number of rotatable bonds is 3. The van der Waals surface area contributed by atoms with Gasteiger partial charge in [0.1, 0.15) is 0 Å². The Morgan fingerprint density at radius 1 is 1.60 bits per heavy atom. The van der Waals surface area contributed by atoms with Crippen molar-refractivity contribution >= 4 is 0 Å². The molecular weight excluding hydrogens is 192 g/mol. The van der Waals surface area contributed by atoms with Crippen LogP contribution in [-0.2, 0) is 11.8 Å². The fourth-order valence-electron chi connectivity index (χ4n) is 2.15. The molecule has 0 spiro atoms. The lowest BCUT2D eigenvalue weighted by molar-refractivity contribution is 0.0536. The fourth-order valence-corrected chi connectivity index (χ4v) is 2.15. The number of ether oxygens (including phenoxy) is 1. The Morgan fingerprint density at radius 3 is 2.87 bits per heavy atom. The van der Waals surface area contributed by atoms with Gasteiger partial charge in [-0.15, -0.1) is 0 Å². The summed E-state index contributed by atoms with van der Waals surface area (Å²) in [5.74, 6) is 6.17. The number of nitrogens with two attached hydrogens (primary N) is 1. The molecule has 5 nitrogen and oxygen atoms in total. The highest BCUT2D eigenvalue weighted by molar-refractivity contribution is 5.11. The van der Waals surface area contributed by atoms with Crippen molar-refractivity contribution in [2.24, 2.45) is 18.8 Å². The SMILES string of the molecule is Cn1cc(C(NN)C2CCOCC2)cn1. The van der Waals surface area contributed by atoms with E-state index in [-0.39, 0.29) is 6.04 Å². The summed E-state index contributed by atoms with van der Waals surface area (Å²) in [6.45, 7) is 1.67. The molecular formula is C10H18N4O. The van der Waals surface area contributed by atoms with Gasteiger partial charge in [-0.2, -0.15) is 5.10 Å². The zero-order valence-electron chi connectivity index (χ0n) is 9.02. The van der Waals surface area contributed by atoms with Crippen molar-refractivity contribution in [3.05, 3.63) is 18.0 Å². The van der Waals surface area contributed by atoms with Gasteiger partial charge in [0.15, 0.2) is 0 Å². The van der Waals surface area contributed by atoms with E-state index < -0.39 is 0 Å². The third-order valence-electron chi connectivity index (χ3n) is 3.00. The first-order chi connectivity index (χ1) is 7.31. The Labute approximate surface area is 89.6 Å². The molecule has 15 heavy (non-hydrogen) atoms. The smallest absolute Gasteiger partial charge is 0.0538 e. The topological polar surface area (TPSA) is 65.1 Å². The summed E-state index contributed by atoms with van der Waals surface area (Å²) >= 11 is 0. The Kier molecular flexibility index (Phi) is 3.35. The van der Waals surface area contributed by atoms with Gasteiger partial charge >= 0.3 is 0 Å². The van der Waals surface area contributed by atoms with E-state index in [0.29, 0.717) is 5.92 Å². The Balaban J connectivity index is 2.08. The second-order valence-corrected chi connectivity index (χ2v) is 4.04. The van der Waals surface area contributed by atoms with E-state index in [0.717, 1.165) is 31.6 Å². The van der Waals surface area contributed by atoms with Crippen LogP contribution in [-0.4, -0.2) is 23.0 Å². The lowest BCUT2D eigenvalue weighted by atomic mass is 9.89. The molecule has 0 amide bonds. The number of hydrazine groups is 1. The summed E-state index contributed by atoms with van der Waals surface area (Å²) < 4.78 is 7.15. The molecule has 0 radical (unpaired) electrons. The van der Waals surface area contributed by atoms with Crippen LogP contribution in [0.3, 0.4) is 0 Å². The second kappa shape index (κ2) is 4.74. The monoisotopic (exact) mass is 210 g/mol. The maximum Gasteiger partial charge on any atom is 0.0538 e. The predicted molar refractivity (Wildman–Crippen MR) is 56.8 cm³/mol. The van der Waals surface area contributed by atoms with Crippen LogP contribution in [0.15, 0.2) is 12.4 Å². The molecule has 84 valence electrons. The summed E-state index contributed by atoms with van der Waals surface area (Å²) in [4.78, 5) is 0. The molecule has 1 fully saturated rings. The van der Waals surface area contributed by atoms with Crippen molar-refractivity contribution in [3.8, 4) is 0 Å². The molecule has 0 aromatic carbocycles. The van der Waals surface area contributed by atoms with Gasteiger partial charge in [-0.25, -0.2) is 0 Å². The standard InChI is InChI=1S/C10H18N4O/c1-14-7-9(6-12-14)10(13-11)8-2-4-15-5-3-8/h6-8,10,13H,2-5,11H2,1H3. The summed E-state index contributed by atoms with van der Waals surface area (Å²) in [5.41, 5.74) is 4.05. The van der Waals surface area contributed by atoms with E-state index >= 15 is 0 Å². The Morgan fingerprint density at radius 2 is 2.33 bits per heavy atom. The minimum Gasteiger partial charge on any atom is -0.381 e. The van der Waals surface area contributed by atoms with Crippen molar-refractivity contribution in [1.82, 2.24) is 15.2 Å². The Bertz CT molecular complexity index is 306. The van der Waals surface area contributed by atoms with Gasteiger partial charge < -0.3 is 4.74 Å². The second-order valence-electron chi connectivity index (χ2n) is 4.04. The highest BCUT2D eigenvalue weighted by Gasteiger charge is 2.25. The third kappa shape index (κ3) is 2.37. The van der Waals surface area contributed by atoms with Gasteiger partial charge in [0.25, 0.3) is 0 Å². The first-order valence-corrected chi connectivity index (χ1v) is 5.33. The maximum atomic E-state index is 5.62. The minimum atomic E-state index is 0.197. The first-order valence-electron chi connectivity index (χ1n) is 5.33. The number of hydrogen-bond donors (Lipinski definition) is 2. The van der Waals surface area contributed by atoms with E-state index in [1.807, 2.05) is 19.4 Å². The van der Waals surface area contributed by atoms with Gasteiger partial charge in [-0.3, -0.25) is 16.0 Å². The van der Waals surface area contributed by atoms with Crippen LogP contribution in [0.4, 0.5) is 0 Å². The fraction of sp³-hybridized carbons (Fsp3) is 0.700. The van der Waals surface area contributed by atoms with Gasteiger partial charge in [-0.1, -0.05) is 0 Å². The minimum absolute atomic E-state index is 0.197. The van der Waals surface area contributed by atoms with E-state index in [1.54, 1.807) is 4.68 Å². The van der Waals surface area contributed by atoms with E-state index in [2.05, 4.69) is 10.5 Å². The molecule has 1 unspecified atom stereocenters. The van der Waals surface area contributed by atoms with Crippen molar-refractivity contribution in [1.29, 1.82) is 0 Å². The molecule has 0 bridgehead atoms. The largest absolute Gasteiger partial charge is 0.381 e. The summed E-state index contributed by atoms with van der Waals surface area (Å²) in [5, 5.41) is 4.17. The normalized spacial score (nSPS) is 20.4. The zero-order chi connectivity index (χ0) is 10.7. The number of aromatic nitrogens is 2. The van der Waals surface area contributed by atoms with Crippen LogP contribution >= 0.6 is 0 Å². The molecule has 3 N–H and O–H groups in total. The number of nitrogens with one attached hydrogen (secondary N) is 1. The van der Waals surface area contributed by atoms with Gasteiger partial charge in [-0.05, 0) is 18.8 Å². The lowest BCUT2D eigenvalue weighted by Crippen LogP contribution is -2.36. The van der Waals surface area contributed by atoms with Crippen molar-refractivity contribution in [2.45, 2.75) is 18.9 Å². The molecule has 1 aromatic heterocycles.